The summed E-state index contributed by atoms with van der Waals surface area (Å²) in [7, 11) is 0. The van der Waals surface area contributed by atoms with E-state index in [1.165, 1.54) is 18.2 Å². The fourth-order valence-corrected chi connectivity index (χ4v) is 4.01. The number of aromatic hydroxyl groups is 1. The molecule has 0 amide bonds. The Balaban J connectivity index is 1.72. The minimum absolute atomic E-state index is 0.0777. The van der Waals surface area contributed by atoms with Crippen molar-refractivity contribution in [2.24, 2.45) is 4.99 Å². The molecule has 4 rings (SSSR count). The highest BCUT2D eigenvalue weighted by Gasteiger charge is 2.16. The third kappa shape index (κ3) is 3.71. The van der Waals surface area contributed by atoms with E-state index in [0.29, 0.717) is 43.3 Å². The van der Waals surface area contributed by atoms with Crippen molar-refractivity contribution in [1.82, 2.24) is 4.98 Å². The summed E-state index contributed by atoms with van der Waals surface area (Å²) in [6, 6.07) is 9.27. The zero-order chi connectivity index (χ0) is 21.6. The van der Waals surface area contributed by atoms with Crippen LogP contribution in [0.4, 0.5) is 10.1 Å². The summed E-state index contributed by atoms with van der Waals surface area (Å²) >= 11 is 15.8. The van der Waals surface area contributed by atoms with Crippen molar-refractivity contribution in [2.45, 2.75) is 13.8 Å². The smallest absolute Gasteiger partial charge is 0.228 e. The van der Waals surface area contributed by atoms with Gasteiger partial charge in [0.05, 0.1) is 20.7 Å². The second-order valence-corrected chi connectivity index (χ2v) is 8.27. The van der Waals surface area contributed by atoms with Crippen LogP contribution in [-0.4, -0.2) is 16.3 Å². The van der Waals surface area contributed by atoms with Gasteiger partial charge < -0.3 is 9.52 Å². The Labute approximate surface area is 190 Å². The van der Waals surface area contributed by atoms with Crippen molar-refractivity contribution >= 4 is 62.1 Å². The lowest BCUT2D eigenvalue weighted by molar-refractivity contribution is 0.470. The number of nitrogens with zero attached hydrogens (tertiary/aromatic N) is 2. The van der Waals surface area contributed by atoms with Gasteiger partial charge in [-0.15, -0.1) is 0 Å². The number of oxazole rings is 1. The van der Waals surface area contributed by atoms with Crippen LogP contribution in [0.15, 0.2) is 50.3 Å². The highest BCUT2D eigenvalue weighted by atomic mass is 79.9. The van der Waals surface area contributed by atoms with Gasteiger partial charge in [-0.25, -0.2) is 9.37 Å². The molecular formula is C22H14BrCl2FN2O2. The molecule has 0 aliphatic carbocycles. The highest BCUT2D eigenvalue weighted by Crippen LogP contribution is 2.38. The maximum absolute atomic E-state index is 13.3. The van der Waals surface area contributed by atoms with E-state index in [4.69, 9.17) is 27.6 Å². The number of phenols is 1. The lowest BCUT2D eigenvalue weighted by atomic mass is 10.0. The minimum atomic E-state index is -0.433. The number of hydrogen-bond acceptors (Lipinski definition) is 4. The molecular weight excluding hydrogens is 494 g/mol. The molecule has 0 atom stereocenters. The monoisotopic (exact) mass is 506 g/mol. The van der Waals surface area contributed by atoms with Crippen molar-refractivity contribution < 1.29 is 13.9 Å². The maximum Gasteiger partial charge on any atom is 0.228 e. The average Bonchev–Trinajstić information content (AvgIpc) is 3.13. The van der Waals surface area contributed by atoms with Gasteiger partial charge in [0.2, 0.25) is 5.89 Å². The SMILES string of the molecule is Cc1c(Cl)c(C)c(C=Nc2ccc3oc(-c4ccc(F)cc4Cl)nc3c2)c(O)c1Br. The van der Waals surface area contributed by atoms with Crippen LogP contribution in [0.1, 0.15) is 16.7 Å². The number of benzene rings is 3. The molecule has 0 fully saturated rings. The zero-order valence-electron chi connectivity index (χ0n) is 15.8. The quantitative estimate of drug-likeness (QED) is 0.288. The van der Waals surface area contributed by atoms with Crippen molar-refractivity contribution in [2.75, 3.05) is 0 Å². The molecule has 0 radical (unpaired) electrons. The zero-order valence-corrected chi connectivity index (χ0v) is 18.9. The standard InChI is InChI=1S/C22H14BrCl2FN2O2/c1-10-15(21(29)19(23)11(2)20(10)25)9-27-13-4-6-18-17(8-13)28-22(30-18)14-5-3-12(26)7-16(14)24/h3-9,29H,1-2H3. The number of fused-ring (bicyclic) bond motifs is 1. The Hall–Kier alpha value is -2.41. The molecule has 0 bridgehead atoms. The van der Waals surface area contributed by atoms with Gasteiger partial charge in [-0.3, -0.25) is 4.99 Å². The first kappa shape index (κ1) is 20.8. The lowest BCUT2D eigenvalue weighted by Gasteiger charge is -2.11. The summed E-state index contributed by atoms with van der Waals surface area (Å²) < 4.78 is 19.6. The van der Waals surface area contributed by atoms with Crippen LogP contribution in [0.25, 0.3) is 22.6 Å². The van der Waals surface area contributed by atoms with E-state index >= 15 is 0 Å². The fraction of sp³-hybridized carbons (Fsp3) is 0.0909. The van der Waals surface area contributed by atoms with Crippen LogP contribution in [-0.2, 0) is 0 Å². The predicted molar refractivity (Wildman–Crippen MR) is 122 cm³/mol. The maximum atomic E-state index is 13.3. The number of halogens is 4. The van der Waals surface area contributed by atoms with Crippen molar-refractivity contribution in [1.29, 1.82) is 0 Å². The van der Waals surface area contributed by atoms with Gasteiger partial charge in [0.25, 0.3) is 0 Å². The van der Waals surface area contributed by atoms with Gasteiger partial charge in [0.15, 0.2) is 5.58 Å². The molecule has 0 unspecified atom stereocenters. The van der Waals surface area contributed by atoms with Crippen molar-refractivity contribution in [3.8, 4) is 17.2 Å². The molecule has 152 valence electrons. The first-order valence-corrected chi connectivity index (χ1v) is 10.4. The molecule has 3 aromatic carbocycles. The van der Waals surface area contributed by atoms with E-state index in [1.54, 1.807) is 24.4 Å². The molecule has 0 aliphatic rings. The van der Waals surface area contributed by atoms with Crippen LogP contribution in [0.3, 0.4) is 0 Å². The molecule has 1 heterocycles. The lowest BCUT2D eigenvalue weighted by Crippen LogP contribution is -1.94. The summed E-state index contributed by atoms with van der Waals surface area (Å²) in [5.41, 5.74) is 4.25. The summed E-state index contributed by atoms with van der Waals surface area (Å²) in [6.45, 7) is 3.64. The molecule has 4 aromatic rings. The molecule has 0 aliphatic heterocycles. The molecule has 0 spiro atoms. The summed E-state index contributed by atoms with van der Waals surface area (Å²) in [5.74, 6) is -0.0642. The van der Waals surface area contributed by atoms with Crippen molar-refractivity contribution in [3.05, 3.63) is 73.4 Å². The van der Waals surface area contributed by atoms with Crippen LogP contribution in [0.2, 0.25) is 10.0 Å². The Kier molecular flexibility index (Phi) is 5.57. The number of aromatic nitrogens is 1. The first-order valence-electron chi connectivity index (χ1n) is 8.83. The summed E-state index contributed by atoms with van der Waals surface area (Å²) in [5, 5.41) is 11.2. The molecule has 1 aromatic heterocycles. The van der Waals surface area contributed by atoms with Gasteiger partial charge in [-0.1, -0.05) is 23.2 Å². The second-order valence-electron chi connectivity index (χ2n) is 6.69. The molecule has 0 saturated carbocycles. The van der Waals surface area contributed by atoms with E-state index in [-0.39, 0.29) is 10.8 Å². The van der Waals surface area contributed by atoms with E-state index < -0.39 is 5.82 Å². The number of phenolic OH excluding ortho intramolecular Hbond substituents is 1. The molecule has 8 heteroatoms. The molecule has 0 saturated heterocycles. The Morgan fingerprint density at radius 3 is 2.63 bits per heavy atom. The molecule has 1 N–H and O–H groups in total. The summed E-state index contributed by atoms with van der Waals surface area (Å²) in [4.78, 5) is 8.89. The van der Waals surface area contributed by atoms with Crippen LogP contribution >= 0.6 is 39.1 Å². The van der Waals surface area contributed by atoms with E-state index in [9.17, 15) is 9.50 Å². The van der Waals surface area contributed by atoms with Crippen molar-refractivity contribution in [3.63, 3.8) is 0 Å². The topological polar surface area (TPSA) is 58.6 Å². The van der Waals surface area contributed by atoms with Gasteiger partial charge in [-0.05, 0) is 77.3 Å². The van der Waals surface area contributed by atoms with Gasteiger partial charge in [0, 0.05) is 16.8 Å². The minimum Gasteiger partial charge on any atom is -0.506 e. The first-order chi connectivity index (χ1) is 14.3. The number of rotatable bonds is 3. The van der Waals surface area contributed by atoms with Crippen LogP contribution < -0.4 is 0 Å². The van der Waals surface area contributed by atoms with Crippen LogP contribution in [0.5, 0.6) is 5.75 Å². The number of hydrogen-bond donors (Lipinski definition) is 1. The van der Waals surface area contributed by atoms with E-state index in [1.807, 2.05) is 13.8 Å². The molecule has 30 heavy (non-hydrogen) atoms. The Morgan fingerprint density at radius 1 is 1.13 bits per heavy atom. The Bertz CT molecular complexity index is 1310. The fourth-order valence-electron chi connectivity index (χ4n) is 3.04. The normalized spacial score (nSPS) is 11.7. The average molecular weight is 508 g/mol. The second kappa shape index (κ2) is 8.02. The third-order valence-corrected chi connectivity index (χ3v) is 6.58. The predicted octanol–water partition coefficient (Wildman–Crippen LogP) is 7.78. The van der Waals surface area contributed by atoms with E-state index in [0.717, 1.165) is 11.1 Å². The highest BCUT2D eigenvalue weighted by molar-refractivity contribution is 9.10. The Morgan fingerprint density at radius 2 is 1.90 bits per heavy atom. The van der Waals surface area contributed by atoms with Gasteiger partial charge in [0.1, 0.15) is 17.1 Å². The summed E-state index contributed by atoms with van der Waals surface area (Å²) in [6.07, 6.45) is 1.56. The van der Waals surface area contributed by atoms with E-state index in [2.05, 4.69) is 25.9 Å². The van der Waals surface area contributed by atoms with Crippen LogP contribution in [0, 0.1) is 19.7 Å². The molecule has 4 nitrogen and oxygen atoms in total. The van der Waals surface area contributed by atoms with Gasteiger partial charge >= 0.3 is 0 Å². The largest absolute Gasteiger partial charge is 0.506 e. The number of aliphatic imine (C=N–C) groups is 1. The van der Waals surface area contributed by atoms with Gasteiger partial charge in [-0.2, -0.15) is 0 Å². The third-order valence-electron chi connectivity index (χ3n) is 4.73.